The van der Waals surface area contributed by atoms with Gasteiger partial charge < -0.3 is 11.1 Å². The maximum Gasteiger partial charge on any atom is 0.243 e. The fourth-order valence-corrected chi connectivity index (χ4v) is 2.53. The molecule has 0 radical (unpaired) electrons. The molecule has 112 valence electrons. The highest BCUT2D eigenvalue weighted by Gasteiger charge is 2.17. The first kappa shape index (κ1) is 15.5. The first-order valence-corrected chi connectivity index (χ1v) is 7.37. The Morgan fingerprint density at radius 2 is 2.10 bits per heavy atom. The van der Waals surface area contributed by atoms with Crippen LogP contribution in [-0.4, -0.2) is 16.9 Å². The lowest BCUT2D eigenvalue weighted by Crippen LogP contribution is -2.35. The molecule has 7 heteroatoms. The fraction of sp³-hybridized carbons (Fsp3) is 0.286. The van der Waals surface area contributed by atoms with Gasteiger partial charge in [-0.3, -0.25) is 4.79 Å². The van der Waals surface area contributed by atoms with Gasteiger partial charge in [0.1, 0.15) is 11.6 Å². The summed E-state index contributed by atoms with van der Waals surface area (Å²) in [6.07, 6.45) is 1.35. The number of rotatable bonds is 5. The number of amides is 1. The molecular formula is C14H15F2N3OS. The lowest BCUT2D eigenvalue weighted by Gasteiger charge is -2.08. The minimum absolute atomic E-state index is 0.148. The van der Waals surface area contributed by atoms with Gasteiger partial charge in [0.2, 0.25) is 5.91 Å². The normalized spacial score (nSPS) is 12.2. The summed E-state index contributed by atoms with van der Waals surface area (Å²) in [7, 11) is 0. The fourth-order valence-electron chi connectivity index (χ4n) is 1.83. The minimum Gasteiger partial charge on any atom is -0.320 e. The van der Waals surface area contributed by atoms with Gasteiger partial charge >= 0.3 is 0 Å². The molecule has 2 aromatic rings. The molecule has 1 unspecified atom stereocenters. The Morgan fingerprint density at radius 3 is 2.71 bits per heavy atom. The van der Waals surface area contributed by atoms with Crippen LogP contribution in [0.5, 0.6) is 0 Å². The first-order chi connectivity index (χ1) is 10.0. The van der Waals surface area contributed by atoms with E-state index >= 15 is 0 Å². The topological polar surface area (TPSA) is 68.0 Å². The van der Waals surface area contributed by atoms with Gasteiger partial charge in [-0.2, -0.15) is 0 Å². The van der Waals surface area contributed by atoms with Crippen molar-refractivity contribution < 1.29 is 13.6 Å². The molecule has 0 spiro atoms. The molecule has 4 nitrogen and oxygen atoms in total. The van der Waals surface area contributed by atoms with Crippen molar-refractivity contribution in [3.05, 3.63) is 35.2 Å². The Bertz CT molecular complexity index is 625. The van der Waals surface area contributed by atoms with E-state index in [9.17, 15) is 13.6 Å². The zero-order valence-electron chi connectivity index (χ0n) is 11.4. The largest absolute Gasteiger partial charge is 0.320 e. The number of nitrogens with two attached hydrogens (primary N) is 1. The summed E-state index contributed by atoms with van der Waals surface area (Å²) in [4.78, 5) is 15.8. The molecule has 1 heterocycles. The van der Waals surface area contributed by atoms with E-state index in [-0.39, 0.29) is 22.3 Å². The van der Waals surface area contributed by atoms with Crippen LogP contribution >= 0.6 is 11.3 Å². The Hall–Kier alpha value is -1.86. The van der Waals surface area contributed by atoms with Crippen molar-refractivity contribution in [2.24, 2.45) is 5.73 Å². The highest BCUT2D eigenvalue weighted by atomic mass is 32.1. The third-order valence-corrected chi connectivity index (χ3v) is 3.65. The van der Waals surface area contributed by atoms with Crippen LogP contribution in [0.15, 0.2) is 23.6 Å². The molecule has 21 heavy (non-hydrogen) atoms. The third-order valence-electron chi connectivity index (χ3n) is 2.89. The van der Waals surface area contributed by atoms with Crippen LogP contribution in [0, 0.1) is 11.6 Å². The van der Waals surface area contributed by atoms with Crippen LogP contribution in [0.4, 0.5) is 13.9 Å². The number of hydrogen-bond donors (Lipinski definition) is 2. The lowest BCUT2D eigenvalue weighted by molar-refractivity contribution is -0.117. The zero-order chi connectivity index (χ0) is 15.4. The summed E-state index contributed by atoms with van der Waals surface area (Å²) in [6, 6.07) is 2.99. The van der Waals surface area contributed by atoms with E-state index in [2.05, 4.69) is 10.3 Å². The second-order valence-corrected chi connectivity index (χ2v) is 5.38. The maximum atomic E-state index is 13.7. The molecule has 0 saturated carbocycles. The van der Waals surface area contributed by atoms with E-state index in [1.165, 1.54) is 11.4 Å². The van der Waals surface area contributed by atoms with Crippen molar-refractivity contribution in [3.8, 4) is 11.3 Å². The SMILES string of the molecule is CCCC(N)C(=O)Nc1nc(-c2c(F)cccc2F)cs1. The molecule has 0 aliphatic rings. The number of aromatic nitrogens is 1. The number of carbonyl (C=O) groups excluding carboxylic acids is 1. The van der Waals surface area contributed by atoms with E-state index < -0.39 is 17.7 Å². The summed E-state index contributed by atoms with van der Waals surface area (Å²) < 4.78 is 27.3. The zero-order valence-corrected chi connectivity index (χ0v) is 12.2. The predicted molar refractivity (Wildman–Crippen MR) is 79.0 cm³/mol. The van der Waals surface area contributed by atoms with Gasteiger partial charge in [0, 0.05) is 5.38 Å². The van der Waals surface area contributed by atoms with Crippen LogP contribution in [-0.2, 0) is 4.79 Å². The van der Waals surface area contributed by atoms with Gasteiger partial charge in [-0.1, -0.05) is 19.4 Å². The van der Waals surface area contributed by atoms with Crippen molar-refractivity contribution in [2.45, 2.75) is 25.8 Å². The molecule has 0 aliphatic heterocycles. The summed E-state index contributed by atoms with van der Waals surface area (Å²) in [5, 5.41) is 4.31. The average Bonchev–Trinajstić information content (AvgIpc) is 2.87. The van der Waals surface area contributed by atoms with Gasteiger partial charge in [-0.25, -0.2) is 13.8 Å². The van der Waals surface area contributed by atoms with Gasteiger partial charge in [0.05, 0.1) is 17.3 Å². The summed E-state index contributed by atoms with van der Waals surface area (Å²) in [6.45, 7) is 1.93. The Labute approximate surface area is 125 Å². The van der Waals surface area contributed by atoms with Crippen LogP contribution < -0.4 is 11.1 Å². The second-order valence-electron chi connectivity index (χ2n) is 4.52. The molecule has 0 aliphatic carbocycles. The van der Waals surface area contributed by atoms with E-state index in [1.54, 1.807) is 0 Å². The van der Waals surface area contributed by atoms with Crippen molar-refractivity contribution in [2.75, 3.05) is 5.32 Å². The van der Waals surface area contributed by atoms with E-state index in [1.807, 2.05) is 6.92 Å². The number of hydrogen-bond acceptors (Lipinski definition) is 4. The van der Waals surface area contributed by atoms with E-state index in [0.717, 1.165) is 29.9 Å². The second kappa shape index (κ2) is 6.73. The molecule has 1 amide bonds. The van der Waals surface area contributed by atoms with Crippen molar-refractivity contribution in [3.63, 3.8) is 0 Å². The number of nitrogens with zero attached hydrogens (tertiary/aromatic N) is 1. The lowest BCUT2D eigenvalue weighted by atomic mass is 10.1. The van der Waals surface area contributed by atoms with Gasteiger partial charge in [-0.15, -0.1) is 11.3 Å². The van der Waals surface area contributed by atoms with Gasteiger partial charge in [0.15, 0.2) is 5.13 Å². The molecule has 1 aromatic heterocycles. The molecule has 1 aromatic carbocycles. The number of anilines is 1. The van der Waals surface area contributed by atoms with Crippen LogP contribution in [0.3, 0.4) is 0 Å². The summed E-state index contributed by atoms with van der Waals surface area (Å²) >= 11 is 1.09. The van der Waals surface area contributed by atoms with Crippen molar-refractivity contribution in [1.82, 2.24) is 4.98 Å². The Kier molecular flexibility index (Phi) is 4.98. The first-order valence-electron chi connectivity index (χ1n) is 6.49. The maximum absolute atomic E-state index is 13.7. The number of carbonyl (C=O) groups is 1. The molecule has 3 N–H and O–H groups in total. The Morgan fingerprint density at radius 1 is 1.43 bits per heavy atom. The van der Waals surface area contributed by atoms with E-state index in [4.69, 9.17) is 5.73 Å². The molecule has 0 saturated heterocycles. The quantitative estimate of drug-likeness (QED) is 0.891. The van der Waals surface area contributed by atoms with Crippen LogP contribution in [0.2, 0.25) is 0 Å². The predicted octanol–water partition coefficient (Wildman–Crippen LogP) is 3.15. The molecule has 0 bridgehead atoms. The Balaban J connectivity index is 2.17. The smallest absolute Gasteiger partial charge is 0.243 e. The molecule has 1 atom stereocenters. The van der Waals surface area contributed by atoms with Crippen molar-refractivity contribution >= 4 is 22.4 Å². The van der Waals surface area contributed by atoms with Crippen LogP contribution in [0.1, 0.15) is 19.8 Å². The standard InChI is InChI=1S/C14H15F2N3OS/c1-2-4-10(17)13(20)19-14-18-11(7-21-14)12-8(15)5-3-6-9(12)16/h3,5-7,10H,2,4,17H2,1H3,(H,18,19,20). The number of nitrogens with one attached hydrogen (secondary N) is 1. The average molecular weight is 311 g/mol. The molecule has 2 rings (SSSR count). The summed E-state index contributed by atoms with van der Waals surface area (Å²) in [5.74, 6) is -1.74. The highest BCUT2D eigenvalue weighted by molar-refractivity contribution is 7.14. The van der Waals surface area contributed by atoms with Crippen molar-refractivity contribution in [1.29, 1.82) is 0 Å². The monoisotopic (exact) mass is 311 g/mol. The molecule has 0 fully saturated rings. The molecular weight excluding hydrogens is 296 g/mol. The van der Waals surface area contributed by atoms with E-state index in [0.29, 0.717) is 6.42 Å². The third kappa shape index (κ3) is 3.62. The summed E-state index contributed by atoms with van der Waals surface area (Å²) in [5.41, 5.74) is 5.63. The highest BCUT2D eigenvalue weighted by Crippen LogP contribution is 2.29. The number of benzene rings is 1. The minimum atomic E-state index is -0.694. The van der Waals surface area contributed by atoms with Gasteiger partial charge in [0.25, 0.3) is 0 Å². The van der Waals surface area contributed by atoms with Gasteiger partial charge in [-0.05, 0) is 18.6 Å². The van der Waals surface area contributed by atoms with Crippen LogP contribution in [0.25, 0.3) is 11.3 Å². The number of halogens is 2. The number of thiazole rings is 1.